The van der Waals surface area contributed by atoms with Gasteiger partial charge in [-0.05, 0) is 50.5 Å². The average molecular weight is 335 g/mol. The van der Waals surface area contributed by atoms with Crippen molar-refractivity contribution in [3.63, 3.8) is 0 Å². The molecule has 134 valence electrons. The lowest BCUT2D eigenvalue weighted by atomic mass is 9.66. The molecular formula is C19H29NO4. The molecule has 0 aromatic heterocycles. The Labute approximate surface area is 143 Å². The fraction of sp³-hybridized carbons (Fsp3) is 0.789. The van der Waals surface area contributed by atoms with Gasteiger partial charge in [0, 0.05) is 31.7 Å². The summed E-state index contributed by atoms with van der Waals surface area (Å²) < 4.78 is 10.8. The summed E-state index contributed by atoms with van der Waals surface area (Å²) in [6.07, 6.45) is 5.48. The summed E-state index contributed by atoms with van der Waals surface area (Å²) in [5.41, 5.74) is 2.50. The normalized spacial score (nSPS) is 40.0. The van der Waals surface area contributed by atoms with Crippen LogP contribution in [0.1, 0.15) is 38.5 Å². The molecular weight excluding hydrogens is 306 g/mol. The lowest BCUT2D eigenvalue weighted by Crippen LogP contribution is -2.56. The highest BCUT2D eigenvalue weighted by molar-refractivity contribution is 5.40. The van der Waals surface area contributed by atoms with Gasteiger partial charge < -0.3 is 19.7 Å². The van der Waals surface area contributed by atoms with Crippen LogP contribution in [0.5, 0.6) is 0 Å². The van der Waals surface area contributed by atoms with E-state index in [0.29, 0.717) is 23.6 Å². The summed E-state index contributed by atoms with van der Waals surface area (Å²) in [5.74, 6) is 2.31. The van der Waals surface area contributed by atoms with Gasteiger partial charge in [-0.1, -0.05) is 5.57 Å². The molecule has 0 aromatic rings. The maximum atomic E-state index is 10.5. The van der Waals surface area contributed by atoms with E-state index in [0.717, 1.165) is 62.9 Å². The first kappa shape index (κ1) is 16.4. The molecule has 0 aromatic carbocycles. The Hall–Kier alpha value is -1.04. The third-order valence-electron chi connectivity index (χ3n) is 6.83. The molecule has 4 rings (SSSR count). The van der Waals surface area contributed by atoms with E-state index in [4.69, 9.17) is 9.47 Å². The van der Waals surface area contributed by atoms with Gasteiger partial charge in [0.2, 0.25) is 0 Å². The van der Waals surface area contributed by atoms with Crippen LogP contribution in [-0.2, 0) is 9.47 Å². The van der Waals surface area contributed by atoms with Gasteiger partial charge in [0.05, 0.1) is 19.3 Å². The van der Waals surface area contributed by atoms with Gasteiger partial charge in [-0.3, -0.25) is 4.90 Å². The molecule has 0 amide bonds. The molecule has 5 heteroatoms. The average Bonchev–Trinajstić information content (AvgIpc) is 2.60. The predicted octanol–water partition coefficient (Wildman–Crippen LogP) is 2.37. The fourth-order valence-electron chi connectivity index (χ4n) is 5.49. The highest BCUT2D eigenvalue weighted by Gasteiger charge is 2.47. The standard InChI is InChI=1S/C19H29NO4/c1-23-17-4-3-11-7-15-13-9-16(21)18(24-2)8-12(13)5-6-20(15)10-14(11)19(17)22/h12-13,15-16,18,21-22H,3-10H2,1-2H3. The highest BCUT2D eigenvalue weighted by Crippen LogP contribution is 2.47. The van der Waals surface area contributed by atoms with Crippen LogP contribution in [0.3, 0.4) is 0 Å². The molecule has 2 heterocycles. The molecule has 24 heavy (non-hydrogen) atoms. The van der Waals surface area contributed by atoms with Crippen molar-refractivity contribution in [2.75, 3.05) is 27.3 Å². The van der Waals surface area contributed by atoms with Gasteiger partial charge in [-0.15, -0.1) is 0 Å². The van der Waals surface area contributed by atoms with E-state index in [9.17, 15) is 10.2 Å². The number of aliphatic hydroxyl groups excluding tert-OH is 2. The van der Waals surface area contributed by atoms with E-state index in [1.807, 2.05) is 0 Å². The number of methoxy groups -OCH3 is 2. The largest absolute Gasteiger partial charge is 0.504 e. The summed E-state index contributed by atoms with van der Waals surface area (Å²) >= 11 is 0. The minimum absolute atomic E-state index is 0.00193. The van der Waals surface area contributed by atoms with Gasteiger partial charge in [0.1, 0.15) is 5.76 Å². The monoisotopic (exact) mass is 335 g/mol. The second-order valence-electron chi connectivity index (χ2n) is 7.83. The van der Waals surface area contributed by atoms with Gasteiger partial charge in [-0.25, -0.2) is 0 Å². The Morgan fingerprint density at radius 1 is 1.17 bits per heavy atom. The highest BCUT2D eigenvalue weighted by atomic mass is 16.5. The first-order valence-corrected chi connectivity index (χ1v) is 9.24. The van der Waals surface area contributed by atoms with E-state index in [2.05, 4.69) is 4.90 Å². The molecule has 1 saturated carbocycles. The van der Waals surface area contributed by atoms with Crippen LogP contribution in [0.4, 0.5) is 0 Å². The minimum atomic E-state index is -0.341. The molecule has 5 nitrogen and oxygen atoms in total. The SMILES string of the molecule is COC1=C(O)C2=C(CC1)CC1C3CC(O)C(OC)CC3CCN1C2. The molecule has 0 bridgehead atoms. The fourth-order valence-corrected chi connectivity index (χ4v) is 5.49. The Morgan fingerprint density at radius 3 is 2.75 bits per heavy atom. The van der Waals surface area contributed by atoms with Crippen molar-refractivity contribution in [3.8, 4) is 0 Å². The number of ether oxygens (including phenoxy) is 2. The molecule has 2 aliphatic heterocycles. The number of aliphatic hydroxyl groups is 2. The van der Waals surface area contributed by atoms with Crippen LogP contribution in [0, 0.1) is 11.8 Å². The third-order valence-corrected chi connectivity index (χ3v) is 6.83. The Morgan fingerprint density at radius 2 is 2.00 bits per heavy atom. The number of allylic oxidation sites excluding steroid dienone is 1. The minimum Gasteiger partial charge on any atom is -0.504 e. The third kappa shape index (κ3) is 2.57. The molecule has 5 atom stereocenters. The molecule has 4 aliphatic rings. The van der Waals surface area contributed by atoms with Crippen LogP contribution in [0.25, 0.3) is 0 Å². The van der Waals surface area contributed by atoms with Crippen molar-refractivity contribution in [3.05, 3.63) is 22.7 Å². The smallest absolute Gasteiger partial charge is 0.157 e. The van der Waals surface area contributed by atoms with Crippen LogP contribution >= 0.6 is 0 Å². The summed E-state index contributed by atoms with van der Waals surface area (Å²) in [5, 5.41) is 20.9. The van der Waals surface area contributed by atoms with Crippen molar-refractivity contribution in [1.29, 1.82) is 0 Å². The second kappa shape index (κ2) is 6.36. The Balaban J connectivity index is 1.57. The number of nitrogens with zero attached hydrogens (tertiary/aromatic N) is 1. The van der Waals surface area contributed by atoms with E-state index in [1.54, 1.807) is 14.2 Å². The zero-order valence-corrected chi connectivity index (χ0v) is 14.7. The number of fused-ring (bicyclic) bond motifs is 3. The summed E-state index contributed by atoms with van der Waals surface area (Å²) in [6, 6.07) is 0.506. The van der Waals surface area contributed by atoms with Crippen molar-refractivity contribution in [2.45, 2.75) is 56.8 Å². The number of rotatable bonds is 2. The lowest BCUT2D eigenvalue weighted by Gasteiger charge is -2.52. The Kier molecular flexibility index (Phi) is 4.35. The van der Waals surface area contributed by atoms with E-state index in [-0.39, 0.29) is 12.2 Å². The zero-order chi connectivity index (χ0) is 16.8. The van der Waals surface area contributed by atoms with Gasteiger partial charge in [0.25, 0.3) is 0 Å². The van der Waals surface area contributed by atoms with Gasteiger partial charge in [0.15, 0.2) is 5.76 Å². The summed E-state index contributed by atoms with van der Waals surface area (Å²) in [6.45, 7) is 1.90. The molecule has 2 aliphatic carbocycles. The van der Waals surface area contributed by atoms with Crippen molar-refractivity contribution >= 4 is 0 Å². The van der Waals surface area contributed by atoms with E-state index < -0.39 is 0 Å². The van der Waals surface area contributed by atoms with Crippen LogP contribution in [0.2, 0.25) is 0 Å². The number of piperidine rings is 1. The first-order chi connectivity index (χ1) is 11.6. The summed E-state index contributed by atoms with van der Waals surface area (Å²) in [7, 11) is 3.36. The second-order valence-corrected chi connectivity index (χ2v) is 7.83. The number of hydrogen-bond acceptors (Lipinski definition) is 5. The number of hydrogen-bond donors (Lipinski definition) is 2. The van der Waals surface area contributed by atoms with Crippen LogP contribution in [0.15, 0.2) is 22.7 Å². The summed E-state index contributed by atoms with van der Waals surface area (Å²) in [4.78, 5) is 2.52. The molecule has 5 unspecified atom stereocenters. The van der Waals surface area contributed by atoms with Crippen molar-refractivity contribution in [1.82, 2.24) is 4.90 Å². The Bertz CT molecular complexity index is 570. The maximum absolute atomic E-state index is 10.5. The molecule has 1 saturated heterocycles. The molecule has 2 fully saturated rings. The molecule has 0 spiro atoms. The van der Waals surface area contributed by atoms with Gasteiger partial charge >= 0.3 is 0 Å². The topological polar surface area (TPSA) is 62.2 Å². The van der Waals surface area contributed by atoms with Crippen LogP contribution < -0.4 is 0 Å². The first-order valence-electron chi connectivity index (χ1n) is 9.24. The lowest BCUT2D eigenvalue weighted by molar-refractivity contribution is -0.0999. The maximum Gasteiger partial charge on any atom is 0.157 e. The van der Waals surface area contributed by atoms with Gasteiger partial charge in [-0.2, -0.15) is 0 Å². The molecule has 2 N–H and O–H groups in total. The molecule has 0 radical (unpaired) electrons. The van der Waals surface area contributed by atoms with Crippen molar-refractivity contribution in [2.24, 2.45) is 11.8 Å². The van der Waals surface area contributed by atoms with Crippen LogP contribution in [-0.4, -0.2) is 60.7 Å². The predicted molar refractivity (Wildman–Crippen MR) is 90.5 cm³/mol. The van der Waals surface area contributed by atoms with E-state index in [1.165, 1.54) is 5.57 Å². The van der Waals surface area contributed by atoms with E-state index >= 15 is 0 Å². The van der Waals surface area contributed by atoms with Crippen molar-refractivity contribution < 1.29 is 19.7 Å². The zero-order valence-electron chi connectivity index (χ0n) is 14.7. The quantitative estimate of drug-likeness (QED) is 0.811.